The Morgan fingerprint density at radius 1 is 1.21 bits per heavy atom. The van der Waals surface area contributed by atoms with Crippen molar-refractivity contribution in [3.05, 3.63) is 22.4 Å². The Kier molecular flexibility index (Phi) is 8.51. The van der Waals surface area contributed by atoms with Crippen LogP contribution in [0.15, 0.2) is 17.5 Å². The number of likely N-dealkylation sites (tertiary alicyclic amines) is 1. The fraction of sp³-hybridized carbons (Fsp3) is 0.727. The van der Waals surface area contributed by atoms with Crippen LogP contribution in [0.25, 0.3) is 0 Å². The van der Waals surface area contributed by atoms with E-state index in [9.17, 15) is 9.59 Å². The van der Waals surface area contributed by atoms with Crippen molar-refractivity contribution in [1.82, 2.24) is 15.1 Å². The molecule has 0 aliphatic carbocycles. The number of hydrogen-bond donors (Lipinski definition) is 1. The molecule has 1 aromatic rings. The van der Waals surface area contributed by atoms with Crippen LogP contribution in [0.3, 0.4) is 0 Å². The van der Waals surface area contributed by atoms with E-state index < -0.39 is 0 Å². The van der Waals surface area contributed by atoms with Crippen molar-refractivity contribution in [2.75, 3.05) is 39.4 Å². The van der Waals surface area contributed by atoms with Crippen molar-refractivity contribution in [1.29, 1.82) is 0 Å². The van der Waals surface area contributed by atoms with Gasteiger partial charge in [-0.05, 0) is 36.6 Å². The van der Waals surface area contributed by atoms with Crippen LogP contribution in [-0.4, -0.2) is 73.1 Å². The minimum atomic E-state index is -0.356. The number of hydrogen-bond acceptors (Lipinski definition) is 5. The van der Waals surface area contributed by atoms with Gasteiger partial charge in [0.05, 0.1) is 18.1 Å². The van der Waals surface area contributed by atoms with Gasteiger partial charge in [-0.2, -0.15) is 0 Å². The first kappa shape index (κ1) is 22.2. The molecular formula is C22H35N3O3S. The summed E-state index contributed by atoms with van der Waals surface area (Å²) in [7, 11) is 0. The number of piperidine rings is 1. The Morgan fingerprint density at radius 2 is 1.97 bits per heavy atom. The fourth-order valence-electron chi connectivity index (χ4n) is 4.65. The lowest BCUT2D eigenvalue weighted by atomic mass is 9.92. The van der Waals surface area contributed by atoms with Crippen LogP contribution in [0.1, 0.15) is 55.6 Å². The fourth-order valence-corrected chi connectivity index (χ4v) is 5.33. The summed E-state index contributed by atoms with van der Waals surface area (Å²) in [6, 6.07) is 3.70. The lowest BCUT2D eigenvalue weighted by Gasteiger charge is -2.40. The SMILES string of the molecule is CCC(CC)C(CNC(=O)C1CCCCN1C(=O)c1cccs1)N1CCOCC1. The quantitative estimate of drug-likeness (QED) is 0.701. The highest BCUT2D eigenvalue weighted by Gasteiger charge is 2.34. The van der Waals surface area contributed by atoms with Crippen LogP contribution in [-0.2, 0) is 9.53 Å². The minimum absolute atomic E-state index is 0.00109. The molecule has 2 fully saturated rings. The van der Waals surface area contributed by atoms with E-state index in [0.717, 1.165) is 58.4 Å². The summed E-state index contributed by atoms with van der Waals surface area (Å²) < 4.78 is 5.52. The number of morpholine rings is 1. The average Bonchev–Trinajstić information content (AvgIpc) is 3.31. The van der Waals surface area contributed by atoms with Gasteiger partial charge in [-0.3, -0.25) is 14.5 Å². The Morgan fingerprint density at radius 3 is 2.62 bits per heavy atom. The van der Waals surface area contributed by atoms with Crippen molar-refractivity contribution in [2.24, 2.45) is 5.92 Å². The number of nitrogens with one attached hydrogen (secondary N) is 1. The molecule has 2 amide bonds. The van der Waals surface area contributed by atoms with Gasteiger partial charge in [0.2, 0.25) is 5.91 Å². The second-order valence-electron chi connectivity index (χ2n) is 8.02. The third kappa shape index (κ3) is 5.58. The van der Waals surface area contributed by atoms with E-state index in [-0.39, 0.29) is 17.9 Å². The van der Waals surface area contributed by atoms with Crippen molar-refractivity contribution in [2.45, 2.75) is 58.0 Å². The van der Waals surface area contributed by atoms with Crippen molar-refractivity contribution in [3.8, 4) is 0 Å². The van der Waals surface area contributed by atoms with Gasteiger partial charge in [0, 0.05) is 32.2 Å². The molecule has 0 bridgehead atoms. The van der Waals surface area contributed by atoms with Gasteiger partial charge in [0.15, 0.2) is 0 Å². The van der Waals surface area contributed by atoms with Crippen LogP contribution in [0.5, 0.6) is 0 Å². The van der Waals surface area contributed by atoms with Gasteiger partial charge in [-0.1, -0.05) is 32.8 Å². The van der Waals surface area contributed by atoms with E-state index in [4.69, 9.17) is 4.74 Å². The van der Waals surface area contributed by atoms with Gasteiger partial charge in [0.25, 0.3) is 5.91 Å². The zero-order chi connectivity index (χ0) is 20.6. The number of amides is 2. The first-order valence-electron chi connectivity index (χ1n) is 11.1. The summed E-state index contributed by atoms with van der Waals surface area (Å²) >= 11 is 1.44. The molecule has 0 aromatic carbocycles. The van der Waals surface area contributed by atoms with E-state index in [1.54, 1.807) is 4.90 Å². The Balaban J connectivity index is 1.65. The predicted molar refractivity (Wildman–Crippen MR) is 116 cm³/mol. The third-order valence-electron chi connectivity index (χ3n) is 6.39. The van der Waals surface area contributed by atoms with E-state index in [0.29, 0.717) is 29.9 Å². The Hall–Kier alpha value is -1.44. The summed E-state index contributed by atoms with van der Waals surface area (Å²) in [5.74, 6) is 0.534. The highest BCUT2D eigenvalue weighted by Crippen LogP contribution is 2.23. The number of nitrogens with zero attached hydrogens (tertiary/aromatic N) is 2. The second kappa shape index (κ2) is 11.1. The minimum Gasteiger partial charge on any atom is -0.379 e. The third-order valence-corrected chi connectivity index (χ3v) is 7.25. The maximum Gasteiger partial charge on any atom is 0.264 e. The number of thiophene rings is 1. The molecule has 6 nitrogen and oxygen atoms in total. The van der Waals surface area contributed by atoms with Crippen molar-refractivity contribution >= 4 is 23.2 Å². The molecule has 2 unspecified atom stereocenters. The Bertz CT molecular complexity index is 642. The Labute approximate surface area is 178 Å². The molecule has 162 valence electrons. The molecule has 2 aliphatic heterocycles. The average molecular weight is 422 g/mol. The van der Waals surface area contributed by atoms with E-state index in [2.05, 4.69) is 24.1 Å². The van der Waals surface area contributed by atoms with Gasteiger partial charge < -0.3 is 15.0 Å². The summed E-state index contributed by atoms with van der Waals surface area (Å²) in [5.41, 5.74) is 0. The monoisotopic (exact) mass is 421 g/mol. The van der Waals surface area contributed by atoms with Crippen LogP contribution in [0, 0.1) is 5.92 Å². The molecule has 2 saturated heterocycles. The van der Waals surface area contributed by atoms with Gasteiger partial charge in [-0.15, -0.1) is 11.3 Å². The molecule has 1 aromatic heterocycles. The molecule has 3 heterocycles. The van der Waals surface area contributed by atoms with Gasteiger partial charge in [0.1, 0.15) is 6.04 Å². The van der Waals surface area contributed by atoms with Crippen molar-refractivity contribution < 1.29 is 14.3 Å². The number of ether oxygens (including phenoxy) is 1. The van der Waals surface area contributed by atoms with Crippen LogP contribution in [0.4, 0.5) is 0 Å². The van der Waals surface area contributed by atoms with Gasteiger partial charge in [-0.25, -0.2) is 0 Å². The smallest absolute Gasteiger partial charge is 0.264 e. The number of rotatable bonds is 8. The summed E-state index contributed by atoms with van der Waals surface area (Å²) in [4.78, 5) is 31.0. The van der Waals surface area contributed by atoms with Crippen molar-refractivity contribution in [3.63, 3.8) is 0 Å². The zero-order valence-electron chi connectivity index (χ0n) is 17.8. The van der Waals surface area contributed by atoms with Crippen LogP contribution < -0.4 is 5.32 Å². The number of carbonyl (C=O) groups is 2. The standard InChI is InChI=1S/C22H35N3O3S/c1-3-17(4-2)19(24-11-13-28-14-12-24)16-23-21(26)18-8-5-6-10-25(18)22(27)20-9-7-15-29-20/h7,9,15,17-19H,3-6,8,10-14,16H2,1-2H3,(H,23,26). The first-order valence-corrected chi connectivity index (χ1v) is 12.0. The lowest BCUT2D eigenvalue weighted by Crippen LogP contribution is -2.56. The molecule has 0 spiro atoms. The summed E-state index contributed by atoms with van der Waals surface area (Å²) in [6.07, 6.45) is 4.90. The molecule has 1 N–H and O–H groups in total. The van der Waals surface area contributed by atoms with E-state index in [1.165, 1.54) is 11.3 Å². The van der Waals surface area contributed by atoms with Crippen LogP contribution in [0.2, 0.25) is 0 Å². The summed E-state index contributed by atoms with van der Waals surface area (Å²) in [6.45, 7) is 9.12. The van der Waals surface area contributed by atoms with Gasteiger partial charge >= 0.3 is 0 Å². The van der Waals surface area contributed by atoms with E-state index >= 15 is 0 Å². The molecule has 0 saturated carbocycles. The molecule has 3 rings (SSSR count). The normalized spacial score (nSPS) is 21.9. The highest BCUT2D eigenvalue weighted by molar-refractivity contribution is 7.12. The maximum atomic E-state index is 13.1. The first-order chi connectivity index (χ1) is 14.2. The molecule has 2 aliphatic rings. The molecule has 2 atom stereocenters. The molecular weight excluding hydrogens is 386 g/mol. The largest absolute Gasteiger partial charge is 0.379 e. The molecule has 0 radical (unpaired) electrons. The molecule has 7 heteroatoms. The number of carbonyl (C=O) groups excluding carboxylic acids is 2. The van der Waals surface area contributed by atoms with Crippen LogP contribution >= 0.6 is 11.3 Å². The zero-order valence-corrected chi connectivity index (χ0v) is 18.6. The molecule has 29 heavy (non-hydrogen) atoms. The summed E-state index contributed by atoms with van der Waals surface area (Å²) in [5, 5.41) is 5.13. The maximum absolute atomic E-state index is 13.1. The topological polar surface area (TPSA) is 61.9 Å². The lowest BCUT2D eigenvalue weighted by molar-refractivity contribution is -0.127. The predicted octanol–water partition coefficient (Wildman–Crippen LogP) is 3.00. The second-order valence-corrected chi connectivity index (χ2v) is 8.97. The highest BCUT2D eigenvalue weighted by atomic mass is 32.1. The van der Waals surface area contributed by atoms with E-state index in [1.807, 2.05) is 17.5 Å².